The van der Waals surface area contributed by atoms with Gasteiger partial charge in [-0.25, -0.2) is 0 Å². The molecule has 0 aliphatic heterocycles. The minimum Gasteiger partial charge on any atom is -0.496 e. The second kappa shape index (κ2) is 8.82. The quantitative estimate of drug-likeness (QED) is 0.713. The average molecular weight is 282 g/mol. The molecule has 1 aromatic carbocycles. The Morgan fingerprint density at radius 3 is 2.89 bits per heavy atom. The number of para-hydroxylation sites is 1. The predicted octanol–water partition coefficient (Wildman–Crippen LogP) is 1.78. The Morgan fingerprint density at radius 2 is 2.21 bits per heavy atom. The molecule has 4 nitrogen and oxygen atoms in total. The molecule has 3 N–H and O–H groups in total. The van der Waals surface area contributed by atoms with Crippen molar-refractivity contribution < 1.29 is 9.53 Å². The van der Waals surface area contributed by atoms with E-state index in [-0.39, 0.29) is 11.9 Å². The first-order chi connectivity index (χ1) is 9.13. The second-order valence-electron chi connectivity index (χ2n) is 4.41. The fourth-order valence-corrected chi connectivity index (χ4v) is 2.50. The molecule has 1 rings (SSSR count). The number of carbonyl (C=O) groups is 1. The third-order valence-electron chi connectivity index (χ3n) is 2.62. The molecule has 1 unspecified atom stereocenters. The number of rotatable bonds is 8. The maximum atomic E-state index is 11.7. The van der Waals surface area contributed by atoms with Gasteiger partial charge in [-0.05, 0) is 25.2 Å². The molecule has 5 heteroatoms. The molecular weight excluding hydrogens is 260 g/mol. The van der Waals surface area contributed by atoms with Crippen LogP contribution in [0.15, 0.2) is 24.3 Å². The molecule has 0 saturated carbocycles. The third kappa shape index (κ3) is 6.50. The number of methoxy groups -OCH3 is 1. The molecule has 0 aromatic heterocycles. The highest BCUT2D eigenvalue weighted by molar-refractivity contribution is 7.99. The molecule has 1 aromatic rings. The van der Waals surface area contributed by atoms with Crippen LogP contribution in [0.2, 0.25) is 0 Å². The fourth-order valence-electron chi connectivity index (χ4n) is 1.53. The van der Waals surface area contributed by atoms with Crippen LogP contribution in [0.25, 0.3) is 0 Å². The second-order valence-corrected chi connectivity index (χ2v) is 5.51. The summed E-state index contributed by atoms with van der Waals surface area (Å²) in [6.07, 6.45) is 0.935. The van der Waals surface area contributed by atoms with Crippen LogP contribution in [0.4, 0.5) is 0 Å². The minimum absolute atomic E-state index is 0.0422. The molecule has 0 aliphatic rings. The van der Waals surface area contributed by atoms with Crippen LogP contribution in [0.3, 0.4) is 0 Å². The first-order valence-corrected chi connectivity index (χ1v) is 7.51. The number of thioether (sulfide) groups is 1. The maximum absolute atomic E-state index is 11.7. The lowest BCUT2D eigenvalue weighted by atomic mass is 10.2. The standard InChI is InChI=1S/C14H22N2O2S/c1-11(15)7-8-19-10-14(17)16-9-12-5-3-4-6-13(12)18-2/h3-6,11H,7-10,15H2,1-2H3,(H,16,17). The first-order valence-electron chi connectivity index (χ1n) is 6.35. The molecule has 1 amide bonds. The summed E-state index contributed by atoms with van der Waals surface area (Å²) < 4.78 is 5.23. The van der Waals surface area contributed by atoms with Gasteiger partial charge in [0.25, 0.3) is 0 Å². The summed E-state index contributed by atoms with van der Waals surface area (Å²) in [7, 11) is 1.63. The van der Waals surface area contributed by atoms with Gasteiger partial charge in [0, 0.05) is 18.2 Å². The van der Waals surface area contributed by atoms with E-state index in [9.17, 15) is 4.79 Å². The summed E-state index contributed by atoms with van der Waals surface area (Å²) in [5, 5.41) is 2.89. The largest absolute Gasteiger partial charge is 0.496 e. The molecule has 19 heavy (non-hydrogen) atoms. The van der Waals surface area contributed by atoms with Gasteiger partial charge < -0.3 is 15.8 Å². The van der Waals surface area contributed by atoms with Crippen LogP contribution < -0.4 is 15.8 Å². The number of hydrogen-bond donors (Lipinski definition) is 2. The highest BCUT2D eigenvalue weighted by atomic mass is 32.2. The van der Waals surface area contributed by atoms with Gasteiger partial charge in [-0.1, -0.05) is 18.2 Å². The zero-order chi connectivity index (χ0) is 14.1. The third-order valence-corrected chi connectivity index (χ3v) is 3.61. The molecular formula is C14H22N2O2S. The number of benzene rings is 1. The van der Waals surface area contributed by atoms with E-state index < -0.39 is 0 Å². The van der Waals surface area contributed by atoms with Gasteiger partial charge in [0.05, 0.1) is 12.9 Å². The molecule has 0 spiro atoms. The van der Waals surface area contributed by atoms with E-state index in [0.29, 0.717) is 12.3 Å². The number of amides is 1. The zero-order valence-electron chi connectivity index (χ0n) is 11.5. The Labute approximate surface area is 119 Å². The highest BCUT2D eigenvalue weighted by Crippen LogP contribution is 2.16. The number of nitrogens with two attached hydrogens (primary N) is 1. The minimum atomic E-state index is 0.0422. The van der Waals surface area contributed by atoms with E-state index in [2.05, 4.69) is 5.32 Å². The predicted molar refractivity (Wildman–Crippen MR) is 80.4 cm³/mol. The number of carbonyl (C=O) groups excluding carboxylic acids is 1. The lowest BCUT2D eigenvalue weighted by Gasteiger charge is -2.09. The van der Waals surface area contributed by atoms with Gasteiger partial charge in [0.1, 0.15) is 5.75 Å². The summed E-state index contributed by atoms with van der Waals surface area (Å²) >= 11 is 1.61. The van der Waals surface area contributed by atoms with Crippen LogP contribution in [-0.2, 0) is 11.3 Å². The lowest BCUT2D eigenvalue weighted by molar-refractivity contribution is -0.118. The van der Waals surface area contributed by atoms with Crippen LogP contribution in [-0.4, -0.2) is 30.6 Å². The van der Waals surface area contributed by atoms with Gasteiger partial charge in [-0.3, -0.25) is 4.79 Å². The smallest absolute Gasteiger partial charge is 0.230 e. The van der Waals surface area contributed by atoms with Crippen molar-refractivity contribution in [3.63, 3.8) is 0 Å². The Kier molecular flexibility index (Phi) is 7.36. The summed E-state index contributed by atoms with van der Waals surface area (Å²) in [5.41, 5.74) is 6.63. The summed E-state index contributed by atoms with van der Waals surface area (Å²) in [6.45, 7) is 2.47. The Hall–Kier alpha value is -1.20. The van der Waals surface area contributed by atoms with E-state index in [1.165, 1.54) is 0 Å². The molecule has 0 aliphatic carbocycles. The SMILES string of the molecule is COc1ccccc1CNC(=O)CSCCC(C)N. The van der Waals surface area contributed by atoms with E-state index in [1.807, 2.05) is 31.2 Å². The summed E-state index contributed by atoms with van der Waals surface area (Å²) in [4.78, 5) is 11.7. The average Bonchev–Trinajstić information content (AvgIpc) is 2.41. The number of ether oxygens (including phenoxy) is 1. The van der Waals surface area contributed by atoms with Crippen molar-refractivity contribution in [2.24, 2.45) is 5.73 Å². The zero-order valence-corrected chi connectivity index (χ0v) is 12.3. The normalized spacial score (nSPS) is 11.9. The summed E-state index contributed by atoms with van der Waals surface area (Å²) in [6, 6.07) is 7.88. The van der Waals surface area contributed by atoms with Gasteiger partial charge >= 0.3 is 0 Å². The topological polar surface area (TPSA) is 64.3 Å². The van der Waals surface area contributed by atoms with E-state index in [4.69, 9.17) is 10.5 Å². The van der Waals surface area contributed by atoms with E-state index in [0.717, 1.165) is 23.5 Å². The molecule has 0 radical (unpaired) electrons. The Morgan fingerprint density at radius 1 is 1.47 bits per heavy atom. The van der Waals surface area contributed by atoms with Crippen molar-refractivity contribution in [2.45, 2.75) is 25.9 Å². The van der Waals surface area contributed by atoms with Crippen LogP contribution in [0, 0.1) is 0 Å². The van der Waals surface area contributed by atoms with Crippen molar-refractivity contribution in [1.82, 2.24) is 5.32 Å². The molecule has 0 bridgehead atoms. The molecule has 0 heterocycles. The van der Waals surface area contributed by atoms with Crippen molar-refractivity contribution in [2.75, 3.05) is 18.6 Å². The number of hydrogen-bond acceptors (Lipinski definition) is 4. The molecule has 0 saturated heterocycles. The van der Waals surface area contributed by atoms with Crippen LogP contribution in [0.5, 0.6) is 5.75 Å². The lowest BCUT2D eigenvalue weighted by Crippen LogP contribution is -2.25. The van der Waals surface area contributed by atoms with Crippen molar-refractivity contribution in [3.05, 3.63) is 29.8 Å². The van der Waals surface area contributed by atoms with Gasteiger partial charge in [0.2, 0.25) is 5.91 Å². The summed E-state index contributed by atoms with van der Waals surface area (Å²) in [5.74, 6) is 2.23. The maximum Gasteiger partial charge on any atom is 0.230 e. The molecule has 106 valence electrons. The first kappa shape index (κ1) is 15.9. The Bertz CT molecular complexity index is 397. The number of nitrogens with one attached hydrogen (secondary N) is 1. The van der Waals surface area contributed by atoms with Crippen molar-refractivity contribution in [1.29, 1.82) is 0 Å². The van der Waals surface area contributed by atoms with E-state index in [1.54, 1.807) is 18.9 Å². The Balaban J connectivity index is 2.26. The molecule has 1 atom stereocenters. The molecule has 0 fully saturated rings. The van der Waals surface area contributed by atoms with Crippen LogP contribution >= 0.6 is 11.8 Å². The highest BCUT2D eigenvalue weighted by Gasteiger charge is 2.05. The van der Waals surface area contributed by atoms with Gasteiger partial charge in [-0.15, -0.1) is 0 Å². The van der Waals surface area contributed by atoms with E-state index >= 15 is 0 Å². The monoisotopic (exact) mass is 282 g/mol. The fraction of sp³-hybridized carbons (Fsp3) is 0.500. The van der Waals surface area contributed by atoms with Gasteiger partial charge in [-0.2, -0.15) is 11.8 Å². The van der Waals surface area contributed by atoms with Crippen LogP contribution in [0.1, 0.15) is 18.9 Å². The van der Waals surface area contributed by atoms with Crippen molar-refractivity contribution in [3.8, 4) is 5.75 Å². The van der Waals surface area contributed by atoms with Crippen molar-refractivity contribution >= 4 is 17.7 Å². The van der Waals surface area contributed by atoms with Gasteiger partial charge in [0.15, 0.2) is 0 Å².